The second-order valence-electron chi connectivity index (χ2n) is 4.16. The molecule has 0 spiro atoms. The van der Waals surface area contributed by atoms with Crippen LogP contribution in [-0.4, -0.2) is 15.0 Å². The second-order valence-corrected chi connectivity index (χ2v) is 4.83. The summed E-state index contributed by atoms with van der Waals surface area (Å²) in [5.74, 6) is 0.372. The molecule has 100 valence electrons. The van der Waals surface area contributed by atoms with Crippen molar-refractivity contribution in [2.24, 2.45) is 0 Å². The number of aryl methyl sites for hydroxylation is 1. The van der Waals surface area contributed by atoms with Crippen LogP contribution >= 0.6 is 23.2 Å². The standard InChI is InChI=1S/C13H14Cl2N4/c1-3-9-4-6-10(7-5-9)8(2)16-13-18-11(14)17-12(15)19-13/h4-8H,3H2,1-2H3,(H,16,17,18,19). The number of nitrogens with one attached hydrogen (secondary N) is 1. The highest BCUT2D eigenvalue weighted by molar-refractivity contribution is 6.31. The highest BCUT2D eigenvalue weighted by atomic mass is 35.5. The molecule has 0 aliphatic rings. The van der Waals surface area contributed by atoms with Crippen LogP contribution < -0.4 is 5.32 Å². The molecule has 0 aliphatic carbocycles. The lowest BCUT2D eigenvalue weighted by atomic mass is 10.1. The van der Waals surface area contributed by atoms with Gasteiger partial charge in [0.2, 0.25) is 16.5 Å². The molecule has 0 saturated heterocycles. The van der Waals surface area contributed by atoms with E-state index in [0.717, 1.165) is 12.0 Å². The van der Waals surface area contributed by atoms with Gasteiger partial charge in [0.1, 0.15) is 0 Å². The largest absolute Gasteiger partial charge is 0.348 e. The van der Waals surface area contributed by atoms with E-state index in [2.05, 4.69) is 51.5 Å². The Morgan fingerprint density at radius 2 is 1.63 bits per heavy atom. The molecule has 1 aromatic heterocycles. The van der Waals surface area contributed by atoms with E-state index in [-0.39, 0.29) is 16.6 Å². The Morgan fingerprint density at radius 3 is 2.16 bits per heavy atom. The zero-order chi connectivity index (χ0) is 13.8. The smallest absolute Gasteiger partial charge is 0.228 e. The van der Waals surface area contributed by atoms with Gasteiger partial charge in [-0.1, -0.05) is 31.2 Å². The van der Waals surface area contributed by atoms with Gasteiger partial charge in [0.25, 0.3) is 0 Å². The Balaban J connectivity index is 2.13. The van der Waals surface area contributed by atoms with Crippen molar-refractivity contribution in [1.29, 1.82) is 0 Å². The van der Waals surface area contributed by atoms with Gasteiger partial charge >= 0.3 is 0 Å². The molecule has 1 unspecified atom stereocenters. The van der Waals surface area contributed by atoms with Crippen LogP contribution in [0.5, 0.6) is 0 Å². The van der Waals surface area contributed by atoms with Gasteiger partial charge in [0, 0.05) is 0 Å². The SMILES string of the molecule is CCc1ccc(C(C)Nc2nc(Cl)nc(Cl)n2)cc1. The van der Waals surface area contributed by atoms with Crippen molar-refractivity contribution in [3.05, 3.63) is 46.0 Å². The minimum Gasteiger partial charge on any atom is -0.348 e. The monoisotopic (exact) mass is 296 g/mol. The maximum absolute atomic E-state index is 5.73. The fourth-order valence-electron chi connectivity index (χ4n) is 1.71. The molecule has 0 aliphatic heterocycles. The van der Waals surface area contributed by atoms with Crippen LogP contribution in [0.1, 0.15) is 31.0 Å². The zero-order valence-electron chi connectivity index (χ0n) is 10.7. The van der Waals surface area contributed by atoms with Gasteiger partial charge in [-0.05, 0) is 47.7 Å². The summed E-state index contributed by atoms with van der Waals surface area (Å²) in [5, 5.41) is 3.31. The predicted octanol–water partition coefficient (Wildman–Crippen LogP) is 3.91. The van der Waals surface area contributed by atoms with Gasteiger partial charge in [-0.15, -0.1) is 0 Å². The molecule has 0 fully saturated rings. The van der Waals surface area contributed by atoms with Crippen LogP contribution in [0.15, 0.2) is 24.3 Å². The molecule has 19 heavy (non-hydrogen) atoms. The average Bonchev–Trinajstić information content (AvgIpc) is 2.37. The highest BCUT2D eigenvalue weighted by Crippen LogP contribution is 2.19. The molecule has 0 amide bonds. The highest BCUT2D eigenvalue weighted by Gasteiger charge is 2.09. The fourth-order valence-corrected chi connectivity index (χ4v) is 2.07. The summed E-state index contributed by atoms with van der Waals surface area (Å²) in [5.41, 5.74) is 2.45. The van der Waals surface area contributed by atoms with Crippen LogP contribution in [0.4, 0.5) is 5.95 Å². The van der Waals surface area contributed by atoms with Crippen molar-refractivity contribution in [2.45, 2.75) is 26.3 Å². The van der Waals surface area contributed by atoms with E-state index in [9.17, 15) is 0 Å². The van der Waals surface area contributed by atoms with E-state index in [0.29, 0.717) is 5.95 Å². The Labute approximate surface area is 122 Å². The normalized spacial score (nSPS) is 12.2. The third-order valence-corrected chi connectivity index (χ3v) is 3.15. The number of anilines is 1. The topological polar surface area (TPSA) is 50.7 Å². The van der Waals surface area contributed by atoms with Crippen LogP contribution in [0.3, 0.4) is 0 Å². The van der Waals surface area contributed by atoms with Gasteiger partial charge in [0.05, 0.1) is 6.04 Å². The number of hydrogen-bond donors (Lipinski definition) is 1. The zero-order valence-corrected chi connectivity index (χ0v) is 12.2. The van der Waals surface area contributed by atoms with Gasteiger partial charge in [0.15, 0.2) is 0 Å². The van der Waals surface area contributed by atoms with Gasteiger partial charge < -0.3 is 5.32 Å². The first kappa shape index (κ1) is 14.0. The molecule has 6 heteroatoms. The Kier molecular flexibility index (Phi) is 4.56. The van der Waals surface area contributed by atoms with Gasteiger partial charge in [-0.2, -0.15) is 15.0 Å². The van der Waals surface area contributed by atoms with Crippen molar-refractivity contribution in [1.82, 2.24) is 15.0 Å². The molecule has 4 nitrogen and oxygen atoms in total. The first-order valence-corrected chi connectivity index (χ1v) is 6.76. The fraction of sp³-hybridized carbons (Fsp3) is 0.308. The minimum absolute atomic E-state index is 0.0560. The Bertz CT molecular complexity index is 537. The summed E-state index contributed by atoms with van der Waals surface area (Å²) >= 11 is 11.5. The van der Waals surface area contributed by atoms with Gasteiger partial charge in [-0.25, -0.2) is 0 Å². The molecule has 2 aromatic rings. The van der Waals surface area contributed by atoms with Crippen LogP contribution in [0, 0.1) is 0 Å². The average molecular weight is 297 g/mol. The summed E-state index contributed by atoms with van der Waals surface area (Å²) < 4.78 is 0. The molecular formula is C13H14Cl2N4. The van der Waals surface area contributed by atoms with Crippen LogP contribution in [-0.2, 0) is 6.42 Å². The Morgan fingerprint density at radius 1 is 1.05 bits per heavy atom. The van der Waals surface area contributed by atoms with E-state index in [1.807, 2.05) is 6.92 Å². The van der Waals surface area contributed by atoms with Crippen molar-refractivity contribution >= 4 is 29.2 Å². The number of aromatic nitrogens is 3. The lowest BCUT2D eigenvalue weighted by Gasteiger charge is -2.14. The third-order valence-electron chi connectivity index (χ3n) is 2.81. The minimum atomic E-state index is 0.0560. The first-order chi connectivity index (χ1) is 9.08. The van der Waals surface area contributed by atoms with E-state index < -0.39 is 0 Å². The number of benzene rings is 1. The lowest BCUT2D eigenvalue weighted by molar-refractivity contribution is 0.852. The first-order valence-electron chi connectivity index (χ1n) is 6.01. The van der Waals surface area contributed by atoms with E-state index in [4.69, 9.17) is 23.2 Å². The quantitative estimate of drug-likeness (QED) is 0.929. The number of halogens is 2. The summed E-state index contributed by atoms with van der Waals surface area (Å²) in [6, 6.07) is 8.45. The summed E-state index contributed by atoms with van der Waals surface area (Å²) in [7, 11) is 0. The second kappa shape index (κ2) is 6.17. The number of hydrogen-bond acceptors (Lipinski definition) is 4. The molecule has 1 aromatic carbocycles. The molecular weight excluding hydrogens is 283 g/mol. The van der Waals surface area contributed by atoms with Crippen molar-refractivity contribution < 1.29 is 0 Å². The summed E-state index contributed by atoms with van der Waals surface area (Å²) in [4.78, 5) is 11.7. The third kappa shape index (κ3) is 3.78. The lowest BCUT2D eigenvalue weighted by Crippen LogP contribution is -2.10. The molecule has 1 N–H and O–H groups in total. The molecule has 1 atom stereocenters. The van der Waals surface area contributed by atoms with E-state index in [1.54, 1.807) is 0 Å². The van der Waals surface area contributed by atoms with Crippen molar-refractivity contribution in [3.63, 3.8) is 0 Å². The molecule has 0 saturated carbocycles. The summed E-state index contributed by atoms with van der Waals surface area (Å²) in [6.45, 7) is 4.15. The van der Waals surface area contributed by atoms with E-state index in [1.165, 1.54) is 5.56 Å². The maximum atomic E-state index is 5.73. The number of nitrogens with zero attached hydrogens (tertiary/aromatic N) is 3. The van der Waals surface area contributed by atoms with Crippen molar-refractivity contribution in [2.75, 3.05) is 5.32 Å². The van der Waals surface area contributed by atoms with Crippen LogP contribution in [0.2, 0.25) is 10.6 Å². The molecule has 2 rings (SSSR count). The van der Waals surface area contributed by atoms with Gasteiger partial charge in [-0.3, -0.25) is 0 Å². The van der Waals surface area contributed by atoms with E-state index >= 15 is 0 Å². The maximum Gasteiger partial charge on any atom is 0.228 e. The molecule has 1 heterocycles. The summed E-state index contributed by atoms with van der Waals surface area (Å²) in [6.07, 6.45) is 1.03. The van der Waals surface area contributed by atoms with Crippen LogP contribution in [0.25, 0.3) is 0 Å². The molecule has 0 radical (unpaired) electrons. The predicted molar refractivity (Wildman–Crippen MR) is 77.7 cm³/mol. The number of rotatable bonds is 4. The van der Waals surface area contributed by atoms with Crippen molar-refractivity contribution in [3.8, 4) is 0 Å². The molecule has 0 bridgehead atoms. The Hall–Kier alpha value is -1.39.